The lowest BCUT2D eigenvalue weighted by Gasteiger charge is -2.19. The van der Waals surface area contributed by atoms with E-state index in [1.807, 2.05) is 6.92 Å². The first kappa shape index (κ1) is 14.2. The summed E-state index contributed by atoms with van der Waals surface area (Å²) in [7, 11) is 0. The van der Waals surface area contributed by atoms with Crippen molar-refractivity contribution in [2.75, 3.05) is 26.2 Å². The third-order valence-electron chi connectivity index (χ3n) is 4.01. The van der Waals surface area contributed by atoms with Gasteiger partial charge in [-0.2, -0.15) is 0 Å². The van der Waals surface area contributed by atoms with E-state index in [0.29, 0.717) is 5.92 Å². The van der Waals surface area contributed by atoms with Crippen molar-refractivity contribution in [3.05, 3.63) is 23.8 Å². The highest BCUT2D eigenvalue weighted by Gasteiger charge is 2.21. The van der Waals surface area contributed by atoms with Gasteiger partial charge in [0, 0.05) is 18.2 Å². The molecular weight excluding hydrogens is 240 g/mol. The van der Waals surface area contributed by atoms with Crippen LogP contribution in [0.4, 0.5) is 0 Å². The van der Waals surface area contributed by atoms with Gasteiger partial charge in [-0.3, -0.25) is 0 Å². The predicted octanol–water partition coefficient (Wildman–Crippen LogP) is 2.09. The second-order valence-corrected chi connectivity index (χ2v) is 5.42. The van der Waals surface area contributed by atoms with Crippen molar-refractivity contribution in [3.63, 3.8) is 0 Å². The van der Waals surface area contributed by atoms with Gasteiger partial charge in [0.25, 0.3) is 0 Å². The Labute approximate surface area is 115 Å². The van der Waals surface area contributed by atoms with Crippen molar-refractivity contribution >= 4 is 0 Å². The van der Waals surface area contributed by atoms with E-state index >= 15 is 0 Å². The van der Waals surface area contributed by atoms with Crippen LogP contribution in [-0.4, -0.2) is 41.3 Å². The minimum absolute atomic E-state index is 0.0442. The number of aromatic hydroxyl groups is 2. The second kappa shape index (κ2) is 6.26. The summed E-state index contributed by atoms with van der Waals surface area (Å²) < 4.78 is 0. The first-order valence-corrected chi connectivity index (χ1v) is 7.07. The molecule has 1 fully saturated rings. The molecule has 0 aliphatic carbocycles. The standard InChI is InChI=1S/C15H24N2O2/c1-3-17-7-6-12(10-17)9-16-11(2)14-8-13(18)4-5-15(14)19/h4-5,8,11-12,16,18-19H,3,6-7,9-10H2,1-2H3. The van der Waals surface area contributed by atoms with Crippen molar-refractivity contribution in [1.29, 1.82) is 0 Å². The summed E-state index contributed by atoms with van der Waals surface area (Å²) in [5.41, 5.74) is 0.755. The molecule has 0 radical (unpaired) electrons. The molecule has 1 aliphatic rings. The molecule has 2 atom stereocenters. The Bertz CT molecular complexity index is 423. The molecule has 1 heterocycles. The number of hydrogen-bond acceptors (Lipinski definition) is 4. The van der Waals surface area contributed by atoms with Crippen molar-refractivity contribution in [2.24, 2.45) is 5.92 Å². The molecule has 0 saturated carbocycles. The third kappa shape index (κ3) is 3.61. The molecule has 106 valence electrons. The number of nitrogens with one attached hydrogen (secondary N) is 1. The molecule has 0 amide bonds. The zero-order valence-electron chi connectivity index (χ0n) is 11.8. The van der Waals surface area contributed by atoms with Crippen molar-refractivity contribution in [3.8, 4) is 11.5 Å². The molecule has 0 aromatic heterocycles. The smallest absolute Gasteiger partial charge is 0.120 e. The molecule has 3 N–H and O–H groups in total. The van der Waals surface area contributed by atoms with Crippen LogP contribution in [0, 0.1) is 5.92 Å². The normalized spacial score (nSPS) is 21.7. The molecule has 1 aliphatic heterocycles. The highest BCUT2D eigenvalue weighted by Crippen LogP contribution is 2.28. The van der Waals surface area contributed by atoms with Crippen LogP contribution in [-0.2, 0) is 0 Å². The van der Waals surface area contributed by atoms with Gasteiger partial charge < -0.3 is 20.4 Å². The first-order chi connectivity index (χ1) is 9.10. The Hall–Kier alpha value is -1.26. The molecule has 0 spiro atoms. The van der Waals surface area contributed by atoms with Gasteiger partial charge in [0.05, 0.1) is 0 Å². The minimum Gasteiger partial charge on any atom is -0.508 e. The van der Waals surface area contributed by atoms with Gasteiger partial charge in [0.1, 0.15) is 11.5 Å². The zero-order valence-corrected chi connectivity index (χ0v) is 11.8. The van der Waals surface area contributed by atoms with Crippen molar-refractivity contribution in [2.45, 2.75) is 26.3 Å². The Balaban J connectivity index is 1.87. The topological polar surface area (TPSA) is 55.7 Å². The fourth-order valence-electron chi connectivity index (χ4n) is 2.71. The predicted molar refractivity (Wildman–Crippen MR) is 76.4 cm³/mol. The molecule has 2 unspecified atom stereocenters. The molecule has 4 heteroatoms. The summed E-state index contributed by atoms with van der Waals surface area (Å²) in [6.07, 6.45) is 1.24. The molecule has 1 saturated heterocycles. The number of likely N-dealkylation sites (tertiary alicyclic amines) is 1. The number of nitrogens with zero attached hydrogens (tertiary/aromatic N) is 1. The zero-order chi connectivity index (χ0) is 13.8. The second-order valence-electron chi connectivity index (χ2n) is 5.42. The fraction of sp³-hybridized carbons (Fsp3) is 0.600. The quantitative estimate of drug-likeness (QED) is 0.713. The number of phenolic OH excluding ortho intramolecular Hbond substituents is 2. The number of rotatable bonds is 5. The first-order valence-electron chi connectivity index (χ1n) is 7.07. The molecular formula is C15H24N2O2. The van der Waals surface area contributed by atoms with Gasteiger partial charge in [-0.15, -0.1) is 0 Å². The van der Waals surface area contributed by atoms with E-state index in [0.717, 1.165) is 25.2 Å². The van der Waals surface area contributed by atoms with Gasteiger partial charge in [0.2, 0.25) is 0 Å². The van der Waals surface area contributed by atoms with E-state index in [1.165, 1.54) is 25.1 Å². The summed E-state index contributed by atoms with van der Waals surface area (Å²) in [5.74, 6) is 1.11. The van der Waals surface area contributed by atoms with Gasteiger partial charge >= 0.3 is 0 Å². The molecule has 1 aromatic carbocycles. The molecule has 19 heavy (non-hydrogen) atoms. The van der Waals surface area contributed by atoms with Crippen LogP contribution in [0.25, 0.3) is 0 Å². The lowest BCUT2D eigenvalue weighted by molar-refractivity contribution is 0.335. The molecule has 0 bridgehead atoms. The van der Waals surface area contributed by atoms with Gasteiger partial charge in [-0.05, 0) is 57.1 Å². The van der Waals surface area contributed by atoms with Crippen LogP contribution in [0.5, 0.6) is 11.5 Å². The van der Waals surface area contributed by atoms with E-state index in [4.69, 9.17) is 0 Å². The average molecular weight is 264 g/mol. The highest BCUT2D eigenvalue weighted by molar-refractivity contribution is 5.40. The Morgan fingerprint density at radius 2 is 2.21 bits per heavy atom. The van der Waals surface area contributed by atoms with Crippen LogP contribution >= 0.6 is 0 Å². The number of hydrogen-bond donors (Lipinski definition) is 3. The van der Waals surface area contributed by atoms with Crippen molar-refractivity contribution < 1.29 is 10.2 Å². The molecule has 1 aromatic rings. The lowest BCUT2D eigenvalue weighted by Crippen LogP contribution is -2.28. The lowest BCUT2D eigenvalue weighted by atomic mass is 10.0. The van der Waals surface area contributed by atoms with E-state index in [-0.39, 0.29) is 17.5 Å². The van der Waals surface area contributed by atoms with Crippen LogP contribution in [0.15, 0.2) is 18.2 Å². The Morgan fingerprint density at radius 1 is 1.42 bits per heavy atom. The van der Waals surface area contributed by atoms with E-state index in [9.17, 15) is 10.2 Å². The van der Waals surface area contributed by atoms with Gasteiger partial charge in [0.15, 0.2) is 0 Å². The van der Waals surface area contributed by atoms with Gasteiger partial charge in [-0.1, -0.05) is 6.92 Å². The van der Waals surface area contributed by atoms with Crippen LogP contribution in [0.3, 0.4) is 0 Å². The minimum atomic E-state index is 0.0442. The van der Waals surface area contributed by atoms with Crippen molar-refractivity contribution in [1.82, 2.24) is 10.2 Å². The fourth-order valence-corrected chi connectivity index (χ4v) is 2.71. The maximum Gasteiger partial charge on any atom is 0.120 e. The highest BCUT2D eigenvalue weighted by atomic mass is 16.3. The summed E-state index contributed by atoms with van der Waals surface area (Å²) in [6, 6.07) is 4.71. The average Bonchev–Trinajstić information content (AvgIpc) is 2.87. The summed E-state index contributed by atoms with van der Waals surface area (Å²) in [6.45, 7) is 8.63. The van der Waals surface area contributed by atoms with Crippen LogP contribution in [0.2, 0.25) is 0 Å². The van der Waals surface area contributed by atoms with Gasteiger partial charge in [-0.25, -0.2) is 0 Å². The molecule has 4 nitrogen and oxygen atoms in total. The SMILES string of the molecule is CCN1CCC(CNC(C)c2cc(O)ccc2O)C1. The van der Waals surface area contributed by atoms with E-state index < -0.39 is 0 Å². The maximum absolute atomic E-state index is 9.82. The summed E-state index contributed by atoms with van der Waals surface area (Å²) in [5, 5.41) is 22.8. The monoisotopic (exact) mass is 264 g/mol. The Morgan fingerprint density at radius 3 is 2.89 bits per heavy atom. The van der Waals surface area contributed by atoms with Crippen LogP contribution < -0.4 is 5.32 Å². The number of benzene rings is 1. The summed E-state index contributed by atoms with van der Waals surface area (Å²) >= 11 is 0. The maximum atomic E-state index is 9.82. The third-order valence-corrected chi connectivity index (χ3v) is 4.01. The summed E-state index contributed by atoms with van der Waals surface area (Å²) in [4.78, 5) is 2.46. The molecule has 2 rings (SSSR count). The largest absolute Gasteiger partial charge is 0.508 e. The number of phenols is 2. The van der Waals surface area contributed by atoms with E-state index in [2.05, 4.69) is 17.1 Å². The van der Waals surface area contributed by atoms with E-state index in [1.54, 1.807) is 6.07 Å². The Kier molecular flexibility index (Phi) is 4.66. The van der Waals surface area contributed by atoms with Crippen LogP contribution in [0.1, 0.15) is 31.9 Å².